The predicted molar refractivity (Wildman–Crippen MR) is 133 cm³/mol. The molecule has 2 N–H and O–H groups in total. The second kappa shape index (κ2) is 11.1. The number of benzene rings is 2. The van der Waals surface area contributed by atoms with E-state index in [1.165, 1.54) is 32.1 Å². The third-order valence-electron chi connectivity index (χ3n) is 7.82. The number of carbonyl (C=O) groups excluding carboxylic acids is 1. The minimum absolute atomic E-state index is 0.0470. The summed E-state index contributed by atoms with van der Waals surface area (Å²) >= 11 is 0. The molecule has 0 unspecified atom stereocenters. The Balaban J connectivity index is 1.38. The number of carbonyl (C=O) groups is 2. The van der Waals surface area contributed by atoms with Gasteiger partial charge in [-0.1, -0.05) is 69.2 Å². The van der Waals surface area contributed by atoms with Crippen molar-refractivity contribution in [3.05, 3.63) is 65.2 Å². The van der Waals surface area contributed by atoms with Crippen LogP contribution in [0.2, 0.25) is 0 Å². The highest BCUT2D eigenvalue weighted by atomic mass is 16.5. The minimum atomic E-state index is -0.949. The van der Waals surface area contributed by atoms with Gasteiger partial charge in [0.25, 0.3) is 0 Å². The molecule has 5 nitrogen and oxygen atoms in total. The van der Waals surface area contributed by atoms with Crippen molar-refractivity contribution >= 4 is 11.9 Å². The summed E-state index contributed by atoms with van der Waals surface area (Å²) in [4.78, 5) is 24.6. The van der Waals surface area contributed by atoms with Gasteiger partial charge in [-0.2, -0.15) is 0 Å². The second-order valence-corrected chi connectivity index (χ2v) is 10.1. The molecule has 0 heterocycles. The number of rotatable bonds is 9. The molecule has 182 valence electrons. The monoisotopic (exact) mass is 463 g/mol. The fraction of sp³-hybridized carbons (Fsp3) is 0.517. The molecule has 2 saturated carbocycles. The first-order valence-electron chi connectivity index (χ1n) is 12.9. The molecular formula is C29H37NO4. The summed E-state index contributed by atoms with van der Waals surface area (Å²) in [6.45, 7) is 2.70. The summed E-state index contributed by atoms with van der Waals surface area (Å²) in [5.41, 5.74) is 1.68. The van der Waals surface area contributed by atoms with Crippen LogP contribution in [0.3, 0.4) is 0 Å². The molecule has 5 heteroatoms. The molecule has 2 fully saturated rings. The Morgan fingerprint density at radius 1 is 0.971 bits per heavy atom. The van der Waals surface area contributed by atoms with Gasteiger partial charge < -0.3 is 15.2 Å². The van der Waals surface area contributed by atoms with Gasteiger partial charge >= 0.3 is 5.97 Å². The maximum Gasteiger partial charge on any atom is 0.335 e. The number of nitrogens with one attached hydrogen (secondary N) is 1. The number of hydrogen-bond donors (Lipinski definition) is 2. The molecule has 1 amide bonds. The molecule has 0 bridgehead atoms. The van der Waals surface area contributed by atoms with Crippen LogP contribution in [0.1, 0.15) is 98.7 Å². The first kappa shape index (κ1) is 24.3. The van der Waals surface area contributed by atoms with Crippen LogP contribution in [0, 0.1) is 5.92 Å². The van der Waals surface area contributed by atoms with Crippen molar-refractivity contribution in [2.24, 2.45) is 5.92 Å². The van der Waals surface area contributed by atoms with Gasteiger partial charge in [0.15, 0.2) is 0 Å². The molecule has 2 aromatic rings. The molecular weight excluding hydrogens is 426 g/mol. The van der Waals surface area contributed by atoms with Crippen LogP contribution in [0.4, 0.5) is 0 Å². The first-order valence-corrected chi connectivity index (χ1v) is 12.9. The first-order chi connectivity index (χ1) is 16.5. The molecule has 0 radical (unpaired) electrons. The lowest BCUT2D eigenvalue weighted by Gasteiger charge is -2.30. The zero-order valence-electron chi connectivity index (χ0n) is 20.2. The average Bonchev–Trinajstić information content (AvgIpc) is 3.36. The standard InChI is InChI=1S/C29H37NO4/c1-21(23-9-11-24(12-10-23)27(31)32)30-28(33)29(18-5-6-19-29)25-13-15-26(16-14-25)34-20-17-22-7-3-2-4-8-22/h9-16,21-22H,2-8,17-20H2,1H3,(H,30,33)(H,31,32)/t21-/m0/s1. The number of aromatic carboxylic acids is 1. The normalized spacial score (nSPS) is 18.9. The van der Waals surface area contributed by atoms with Gasteiger partial charge in [-0.3, -0.25) is 4.79 Å². The second-order valence-electron chi connectivity index (χ2n) is 10.1. The van der Waals surface area contributed by atoms with Crippen LogP contribution in [-0.4, -0.2) is 23.6 Å². The highest BCUT2D eigenvalue weighted by molar-refractivity contribution is 5.89. The van der Waals surface area contributed by atoms with E-state index in [1.54, 1.807) is 24.3 Å². The van der Waals surface area contributed by atoms with Crippen molar-refractivity contribution in [2.75, 3.05) is 6.61 Å². The van der Waals surface area contributed by atoms with Gasteiger partial charge in [-0.15, -0.1) is 0 Å². The predicted octanol–water partition coefficient (Wildman–Crippen LogP) is 6.42. The largest absolute Gasteiger partial charge is 0.494 e. The summed E-state index contributed by atoms with van der Waals surface area (Å²) < 4.78 is 6.03. The van der Waals surface area contributed by atoms with E-state index in [9.17, 15) is 9.59 Å². The van der Waals surface area contributed by atoms with Crippen molar-refractivity contribution in [1.82, 2.24) is 5.32 Å². The summed E-state index contributed by atoms with van der Waals surface area (Å²) in [6.07, 6.45) is 11.6. The lowest BCUT2D eigenvalue weighted by atomic mass is 9.77. The molecule has 2 aromatic carbocycles. The van der Waals surface area contributed by atoms with Gasteiger partial charge in [0, 0.05) is 0 Å². The molecule has 2 aliphatic carbocycles. The molecule has 2 aliphatic rings. The number of ether oxygens (including phenoxy) is 1. The van der Waals surface area contributed by atoms with Crippen molar-refractivity contribution in [3.8, 4) is 5.75 Å². The van der Waals surface area contributed by atoms with Gasteiger partial charge in [0.05, 0.1) is 23.6 Å². The molecule has 0 saturated heterocycles. The van der Waals surface area contributed by atoms with E-state index in [0.29, 0.717) is 0 Å². The van der Waals surface area contributed by atoms with Crippen LogP contribution in [0.5, 0.6) is 5.75 Å². The SMILES string of the molecule is C[C@H](NC(=O)C1(c2ccc(OCCC3CCCCC3)cc2)CCCC1)c1ccc(C(=O)O)cc1. The van der Waals surface area contributed by atoms with Crippen LogP contribution < -0.4 is 10.1 Å². The molecule has 0 aliphatic heterocycles. The summed E-state index contributed by atoms with van der Waals surface area (Å²) in [6, 6.07) is 14.7. The lowest BCUT2D eigenvalue weighted by Crippen LogP contribution is -2.43. The zero-order valence-corrected chi connectivity index (χ0v) is 20.2. The van der Waals surface area contributed by atoms with E-state index in [-0.39, 0.29) is 17.5 Å². The Morgan fingerprint density at radius 2 is 1.62 bits per heavy atom. The Kier molecular flexibility index (Phi) is 7.91. The van der Waals surface area contributed by atoms with Crippen molar-refractivity contribution in [1.29, 1.82) is 0 Å². The topological polar surface area (TPSA) is 75.6 Å². The Hall–Kier alpha value is -2.82. The average molecular weight is 464 g/mol. The third-order valence-corrected chi connectivity index (χ3v) is 7.82. The fourth-order valence-electron chi connectivity index (χ4n) is 5.65. The van der Waals surface area contributed by atoms with E-state index >= 15 is 0 Å². The smallest absolute Gasteiger partial charge is 0.335 e. The van der Waals surface area contributed by atoms with Crippen molar-refractivity contribution < 1.29 is 19.4 Å². The van der Waals surface area contributed by atoms with Gasteiger partial charge in [-0.05, 0) is 67.5 Å². The van der Waals surface area contributed by atoms with Crippen molar-refractivity contribution in [2.45, 2.75) is 82.6 Å². The van der Waals surface area contributed by atoms with E-state index in [4.69, 9.17) is 9.84 Å². The Morgan fingerprint density at radius 3 is 2.24 bits per heavy atom. The van der Waals surface area contributed by atoms with Crippen LogP contribution >= 0.6 is 0 Å². The van der Waals surface area contributed by atoms with Crippen LogP contribution in [-0.2, 0) is 10.2 Å². The molecule has 0 aromatic heterocycles. The highest BCUT2D eigenvalue weighted by Gasteiger charge is 2.43. The molecule has 4 rings (SSSR count). The van der Waals surface area contributed by atoms with Gasteiger partial charge in [0.1, 0.15) is 5.75 Å². The fourth-order valence-corrected chi connectivity index (χ4v) is 5.65. The maximum atomic E-state index is 13.5. The Bertz CT molecular complexity index is 955. The molecule has 0 spiro atoms. The molecule has 1 atom stereocenters. The summed E-state index contributed by atoms with van der Waals surface area (Å²) in [7, 11) is 0. The van der Waals surface area contributed by atoms with Crippen LogP contribution in [0.25, 0.3) is 0 Å². The van der Waals surface area contributed by atoms with Crippen LogP contribution in [0.15, 0.2) is 48.5 Å². The highest BCUT2D eigenvalue weighted by Crippen LogP contribution is 2.42. The number of carboxylic acid groups (broad SMARTS) is 1. The third kappa shape index (κ3) is 5.63. The van der Waals surface area contributed by atoms with E-state index in [2.05, 4.69) is 17.4 Å². The van der Waals surface area contributed by atoms with Gasteiger partial charge in [0.2, 0.25) is 5.91 Å². The maximum absolute atomic E-state index is 13.5. The van der Waals surface area contributed by atoms with E-state index in [1.807, 2.05) is 19.1 Å². The lowest BCUT2D eigenvalue weighted by molar-refractivity contribution is -0.127. The Labute approximate surface area is 202 Å². The summed E-state index contributed by atoms with van der Waals surface area (Å²) in [5, 5.41) is 12.3. The summed E-state index contributed by atoms with van der Waals surface area (Å²) in [5.74, 6) is 0.779. The van der Waals surface area contributed by atoms with E-state index in [0.717, 1.165) is 61.5 Å². The number of amides is 1. The number of carboxylic acids is 1. The van der Waals surface area contributed by atoms with E-state index < -0.39 is 11.4 Å². The molecule has 34 heavy (non-hydrogen) atoms. The number of hydrogen-bond acceptors (Lipinski definition) is 3. The quantitative estimate of drug-likeness (QED) is 0.450. The van der Waals surface area contributed by atoms with Gasteiger partial charge in [-0.25, -0.2) is 4.79 Å². The van der Waals surface area contributed by atoms with Crippen molar-refractivity contribution in [3.63, 3.8) is 0 Å². The zero-order chi connectivity index (χ0) is 24.0. The minimum Gasteiger partial charge on any atom is -0.494 e.